The fourth-order valence-electron chi connectivity index (χ4n) is 4.21. The van der Waals surface area contributed by atoms with E-state index in [9.17, 15) is 9.59 Å². The first-order chi connectivity index (χ1) is 12.4. The quantitative estimate of drug-likeness (QED) is 0.327. The number of carbonyl (C=O) groups is 2. The average molecular weight is 379 g/mol. The summed E-state index contributed by atoms with van der Waals surface area (Å²) < 4.78 is 0.0492. The summed E-state index contributed by atoms with van der Waals surface area (Å²) in [6.45, 7) is 6.95. The SMILES string of the molecule is CC(C)C(CCCCCc1ccc(Cl)cc1)C(=O)[N+]1(C=O)CCC[C@H]1C. The predicted molar refractivity (Wildman–Crippen MR) is 107 cm³/mol. The number of quaternary nitrogens is 1. The van der Waals surface area contributed by atoms with Crippen molar-refractivity contribution in [2.24, 2.45) is 11.8 Å². The molecule has 2 unspecified atom stereocenters. The van der Waals surface area contributed by atoms with Crippen LogP contribution in [0, 0.1) is 11.8 Å². The molecule has 0 aromatic heterocycles. The molecule has 26 heavy (non-hydrogen) atoms. The molecule has 2 rings (SSSR count). The Kier molecular flexibility index (Phi) is 7.85. The smallest absolute Gasteiger partial charge is 0.233 e. The standard InChI is InChI=1S/C22H33ClNO2/c1-17(2)21(22(26)24(16-25)15-7-8-18(24)3)10-6-4-5-9-19-11-13-20(23)14-12-19/h11-14,16-18,21H,4-10,15H2,1-3H3/q+1/t18-,21?,24?/m1/s1. The second-order valence-electron chi connectivity index (χ2n) is 8.17. The number of benzene rings is 1. The summed E-state index contributed by atoms with van der Waals surface area (Å²) in [5, 5.41) is 0.774. The van der Waals surface area contributed by atoms with Crippen molar-refractivity contribution >= 4 is 23.9 Å². The van der Waals surface area contributed by atoms with Gasteiger partial charge in [0.15, 0.2) is 0 Å². The number of rotatable bonds is 9. The lowest BCUT2D eigenvalue weighted by molar-refractivity contribution is -0.782. The molecule has 4 heteroatoms. The number of halogens is 1. The van der Waals surface area contributed by atoms with E-state index < -0.39 is 0 Å². The van der Waals surface area contributed by atoms with Crippen LogP contribution < -0.4 is 0 Å². The molecule has 3 atom stereocenters. The highest BCUT2D eigenvalue weighted by Crippen LogP contribution is 2.32. The van der Waals surface area contributed by atoms with E-state index in [1.54, 1.807) is 0 Å². The van der Waals surface area contributed by atoms with Gasteiger partial charge >= 0.3 is 12.3 Å². The minimum absolute atomic E-state index is 0.0173. The molecule has 0 N–H and O–H groups in total. The third-order valence-electron chi connectivity index (χ3n) is 6.05. The molecule has 1 aromatic rings. The Balaban J connectivity index is 1.85. The Morgan fingerprint density at radius 2 is 1.92 bits per heavy atom. The molecule has 1 aromatic carbocycles. The number of nitrogens with zero attached hydrogens (tertiary/aromatic N) is 1. The number of hydrogen-bond donors (Lipinski definition) is 0. The number of unbranched alkanes of at least 4 members (excludes halogenated alkanes) is 2. The number of aryl methyl sites for hydroxylation is 1. The number of imide groups is 1. The summed E-state index contributed by atoms with van der Waals surface area (Å²) in [4.78, 5) is 25.0. The fraction of sp³-hybridized carbons (Fsp3) is 0.636. The Labute approximate surface area is 163 Å². The van der Waals surface area contributed by atoms with Crippen LogP contribution in [0.25, 0.3) is 0 Å². The highest BCUT2D eigenvalue weighted by molar-refractivity contribution is 6.30. The average Bonchev–Trinajstić information content (AvgIpc) is 3.00. The number of likely N-dealkylation sites (tertiary alicyclic amines) is 1. The molecule has 1 fully saturated rings. The van der Waals surface area contributed by atoms with Gasteiger partial charge in [0, 0.05) is 17.9 Å². The van der Waals surface area contributed by atoms with Crippen LogP contribution in [0.15, 0.2) is 24.3 Å². The first kappa shape index (κ1) is 21.1. The zero-order valence-electron chi connectivity index (χ0n) is 16.4. The van der Waals surface area contributed by atoms with Crippen molar-refractivity contribution < 1.29 is 14.1 Å². The molecule has 1 saturated heterocycles. The van der Waals surface area contributed by atoms with E-state index in [1.807, 2.05) is 19.1 Å². The number of carbonyl (C=O) groups excluding carboxylic acids is 2. The topological polar surface area (TPSA) is 34.1 Å². The second kappa shape index (κ2) is 9.66. The van der Waals surface area contributed by atoms with E-state index in [2.05, 4.69) is 26.0 Å². The van der Waals surface area contributed by atoms with Crippen molar-refractivity contribution in [2.75, 3.05) is 6.54 Å². The molecule has 1 aliphatic heterocycles. The van der Waals surface area contributed by atoms with Gasteiger partial charge in [0.2, 0.25) is 0 Å². The lowest BCUT2D eigenvalue weighted by atomic mass is 9.87. The second-order valence-corrected chi connectivity index (χ2v) is 8.60. The molecule has 0 radical (unpaired) electrons. The van der Waals surface area contributed by atoms with Crippen molar-refractivity contribution in [3.8, 4) is 0 Å². The van der Waals surface area contributed by atoms with Gasteiger partial charge in [0.05, 0.1) is 12.5 Å². The summed E-state index contributed by atoms with van der Waals surface area (Å²) in [5.41, 5.74) is 1.31. The lowest BCUT2D eigenvalue weighted by Gasteiger charge is -2.33. The van der Waals surface area contributed by atoms with Crippen molar-refractivity contribution in [1.82, 2.24) is 0 Å². The normalized spacial score (nSPS) is 24.0. The van der Waals surface area contributed by atoms with Crippen LogP contribution in [0.5, 0.6) is 0 Å². The third kappa shape index (κ3) is 4.95. The zero-order valence-corrected chi connectivity index (χ0v) is 17.2. The summed E-state index contributed by atoms with van der Waals surface area (Å²) in [6, 6.07) is 8.16. The van der Waals surface area contributed by atoms with Gasteiger partial charge in [0.25, 0.3) is 0 Å². The molecule has 1 heterocycles. The fourth-order valence-corrected chi connectivity index (χ4v) is 4.33. The zero-order chi connectivity index (χ0) is 19.2. The van der Waals surface area contributed by atoms with Crippen molar-refractivity contribution in [2.45, 2.75) is 71.8 Å². The maximum absolute atomic E-state index is 13.2. The van der Waals surface area contributed by atoms with Crippen LogP contribution in [-0.2, 0) is 16.0 Å². The van der Waals surface area contributed by atoms with Crippen molar-refractivity contribution in [3.63, 3.8) is 0 Å². The van der Waals surface area contributed by atoms with Crippen LogP contribution >= 0.6 is 11.6 Å². The molecular formula is C22H33ClNO2+. The maximum Gasteiger partial charge on any atom is 0.324 e. The molecule has 3 nitrogen and oxygen atoms in total. The summed E-state index contributed by atoms with van der Waals surface area (Å²) >= 11 is 5.92. The van der Waals surface area contributed by atoms with E-state index in [-0.39, 0.29) is 28.3 Å². The molecular weight excluding hydrogens is 346 g/mol. The van der Waals surface area contributed by atoms with E-state index in [0.29, 0.717) is 6.54 Å². The highest BCUT2D eigenvalue weighted by Gasteiger charge is 2.49. The van der Waals surface area contributed by atoms with Crippen LogP contribution in [-0.4, -0.2) is 29.4 Å². The van der Waals surface area contributed by atoms with Gasteiger partial charge in [-0.15, -0.1) is 0 Å². The van der Waals surface area contributed by atoms with Gasteiger partial charge in [-0.05, 0) is 49.8 Å². The lowest BCUT2D eigenvalue weighted by Crippen LogP contribution is -2.57. The Morgan fingerprint density at radius 1 is 1.23 bits per heavy atom. The summed E-state index contributed by atoms with van der Waals surface area (Å²) in [5.74, 6) is 0.412. The van der Waals surface area contributed by atoms with Crippen LogP contribution in [0.4, 0.5) is 0 Å². The van der Waals surface area contributed by atoms with Crippen LogP contribution in [0.2, 0.25) is 5.02 Å². The minimum atomic E-state index is -0.0173. The first-order valence-corrected chi connectivity index (χ1v) is 10.4. The van der Waals surface area contributed by atoms with Gasteiger partial charge in [0.1, 0.15) is 6.04 Å². The minimum Gasteiger partial charge on any atom is -0.233 e. The Bertz CT molecular complexity index is 599. The highest BCUT2D eigenvalue weighted by atomic mass is 35.5. The molecule has 0 saturated carbocycles. The predicted octanol–water partition coefficient (Wildman–Crippen LogP) is 5.40. The number of amides is 2. The summed E-state index contributed by atoms with van der Waals surface area (Å²) in [7, 11) is 0. The molecule has 0 spiro atoms. The Morgan fingerprint density at radius 3 is 2.46 bits per heavy atom. The monoisotopic (exact) mass is 378 g/mol. The first-order valence-electron chi connectivity index (χ1n) is 10.0. The van der Waals surface area contributed by atoms with Crippen molar-refractivity contribution in [1.29, 1.82) is 0 Å². The Hall–Kier alpha value is -1.19. The van der Waals surface area contributed by atoms with E-state index in [0.717, 1.165) is 56.4 Å². The van der Waals surface area contributed by atoms with Gasteiger partial charge in [-0.2, -0.15) is 4.48 Å². The third-order valence-corrected chi connectivity index (χ3v) is 6.30. The van der Waals surface area contributed by atoms with E-state index in [1.165, 1.54) is 5.56 Å². The van der Waals surface area contributed by atoms with Gasteiger partial charge in [-0.3, -0.25) is 0 Å². The summed E-state index contributed by atoms with van der Waals surface area (Å²) in [6.07, 6.45) is 8.04. The van der Waals surface area contributed by atoms with Crippen LogP contribution in [0.1, 0.15) is 64.9 Å². The largest absolute Gasteiger partial charge is 0.324 e. The van der Waals surface area contributed by atoms with Crippen LogP contribution in [0.3, 0.4) is 0 Å². The molecule has 144 valence electrons. The van der Waals surface area contributed by atoms with E-state index >= 15 is 0 Å². The van der Waals surface area contributed by atoms with Gasteiger partial charge in [-0.1, -0.05) is 50.4 Å². The number of hydrogen-bond acceptors (Lipinski definition) is 2. The van der Waals surface area contributed by atoms with Gasteiger partial charge in [-0.25, -0.2) is 9.59 Å². The molecule has 0 bridgehead atoms. The molecule has 2 amide bonds. The molecule has 0 aliphatic carbocycles. The van der Waals surface area contributed by atoms with Gasteiger partial charge < -0.3 is 0 Å². The van der Waals surface area contributed by atoms with E-state index in [4.69, 9.17) is 11.6 Å². The molecule has 1 aliphatic rings. The maximum atomic E-state index is 13.2. The van der Waals surface area contributed by atoms with Crippen molar-refractivity contribution in [3.05, 3.63) is 34.9 Å².